The summed E-state index contributed by atoms with van der Waals surface area (Å²) in [5.74, 6) is 0. The molecule has 0 aliphatic carbocycles. The van der Waals surface area contributed by atoms with Gasteiger partial charge in [0.2, 0.25) is 0 Å². The lowest BCUT2D eigenvalue weighted by Gasteiger charge is -2.13. The van der Waals surface area contributed by atoms with Gasteiger partial charge in [-0.15, -0.1) is 0 Å². The second kappa shape index (κ2) is 4.78. The van der Waals surface area contributed by atoms with Gasteiger partial charge in [-0.2, -0.15) is 0 Å². The fourth-order valence-corrected chi connectivity index (χ4v) is 2.19. The molecule has 1 aromatic heterocycles. The highest BCUT2D eigenvalue weighted by Crippen LogP contribution is 2.15. The highest BCUT2D eigenvalue weighted by Gasteiger charge is 2.05. The summed E-state index contributed by atoms with van der Waals surface area (Å²) in [4.78, 5) is 11.7. The summed E-state index contributed by atoms with van der Waals surface area (Å²) in [6.07, 6.45) is 1.84. The summed E-state index contributed by atoms with van der Waals surface area (Å²) in [7, 11) is 0. The minimum Gasteiger partial charge on any atom is -0.326 e. The topological polar surface area (TPSA) is 48.0 Å². The van der Waals surface area contributed by atoms with Gasteiger partial charge in [-0.3, -0.25) is 4.79 Å². The first kappa shape index (κ1) is 12.6. The molecular weight excluding hydrogens is 224 g/mol. The molecule has 1 heterocycles. The Bertz CT molecular complexity index is 621. The lowest BCUT2D eigenvalue weighted by Crippen LogP contribution is -2.17. The van der Waals surface area contributed by atoms with Gasteiger partial charge in [0.25, 0.3) is 0 Å². The molecule has 0 fully saturated rings. The number of hydrogen-bond acceptors (Lipinski definition) is 2. The molecule has 0 aliphatic rings. The fraction of sp³-hybridized carbons (Fsp3) is 0.267. The molecule has 3 heteroatoms. The molecule has 2 N–H and O–H groups in total. The van der Waals surface area contributed by atoms with Crippen LogP contribution in [0.25, 0.3) is 5.69 Å². The van der Waals surface area contributed by atoms with Crippen molar-refractivity contribution in [1.29, 1.82) is 0 Å². The predicted octanol–water partition coefficient (Wildman–Crippen LogP) is 2.22. The quantitative estimate of drug-likeness (QED) is 0.877. The Balaban J connectivity index is 2.66. The van der Waals surface area contributed by atoms with Crippen LogP contribution in [0, 0.1) is 20.8 Å². The van der Waals surface area contributed by atoms with Crippen molar-refractivity contribution in [3.05, 3.63) is 63.1 Å². The zero-order chi connectivity index (χ0) is 13.3. The van der Waals surface area contributed by atoms with Gasteiger partial charge in [-0.05, 0) is 44.0 Å². The third-order valence-electron chi connectivity index (χ3n) is 3.03. The molecule has 18 heavy (non-hydrogen) atoms. The minimum absolute atomic E-state index is 0.00984. The van der Waals surface area contributed by atoms with Crippen molar-refractivity contribution in [3.63, 3.8) is 0 Å². The first-order valence-electron chi connectivity index (χ1n) is 6.02. The predicted molar refractivity (Wildman–Crippen MR) is 74.1 cm³/mol. The van der Waals surface area contributed by atoms with E-state index >= 15 is 0 Å². The molecule has 0 amide bonds. The Morgan fingerprint density at radius 1 is 1.06 bits per heavy atom. The zero-order valence-corrected chi connectivity index (χ0v) is 11.0. The van der Waals surface area contributed by atoms with Gasteiger partial charge in [-0.25, -0.2) is 0 Å². The Labute approximate surface area is 107 Å². The Kier molecular flexibility index (Phi) is 3.34. The molecule has 0 atom stereocenters. The molecule has 1 aromatic carbocycles. The second-order valence-electron chi connectivity index (χ2n) is 4.72. The number of aryl methyl sites for hydroxylation is 3. The highest BCUT2D eigenvalue weighted by molar-refractivity contribution is 5.41. The summed E-state index contributed by atoms with van der Waals surface area (Å²) >= 11 is 0. The summed E-state index contributed by atoms with van der Waals surface area (Å²) in [6, 6.07) is 7.97. The first-order valence-corrected chi connectivity index (χ1v) is 6.02. The average Bonchev–Trinajstić information content (AvgIpc) is 2.27. The maximum Gasteiger partial charge on any atom is 0.186 e. The average molecular weight is 242 g/mol. The van der Waals surface area contributed by atoms with Crippen molar-refractivity contribution in [1.82, 2.24) is 4.57 Å². The van der Waals surface area contributed by atoms with Gasteiger partial charge < -0.3 is 10.3 Å². The molecule has 0 aliphatic heterocycles. The maximum atomic E-state index is 11.7. The van der Waals surface area contributed by atoms with Crippen molar-refractivity contribution < 1.29 is 0 Å². The van der Waals surface area contributed by atoms with Crippen LogP contribution in [0.15, 0.2) is 35.3 Å². The number of nitrogens with zero attached hydrogens (tertiary/aromatic N) is 1. The van der Waals surface area contributed by atoms with Crippen molar-refractivity contribution in [2.45, 2.75) is 27.3 Å². The number of nitrogens with two attached hydrogens (primary N) is 1. The Morgan fingerprint density at radius 2 is 1.67 bits per heavy atom. The molecule has 0 spiro atoms. The van der Waals surface area contributed by atoms with E-state index < -0.39 is 0 Å². The largest absolute Gasteiger partial charge is 0.326 e. The van der Waals surface area contributed by atoms with Gasteiger partial charge in [0.15, 0.2) is 5.43 Å². The smallest absolute Gasteiger partial charge is 0.186 e. The van der Waals surface area contributed by atoms with E-state index in [2.05, 4.69) is 32.0 Å². The summed E-state index contributed by atoms with van der Waals surface area (Å²) in [6.45, 7) is 6.33. The van der Waals surface area contributed by atoms with Crippen molar-refractivity contribution in [2.24, 2.45) is 5.73 Å². The van der Waals surface area contributed by atoms with E-state index in [1.54, 1.807) is 6.07 Å². The second-order valence-corrected chi connectivity index (χ2v) is 4.72. The Morgan fingerprint density at radius 3 is 2.22 bits per heavy atom. The monoisotopic (exact) mass is 242 g/mol. The number of pyridine rings is 1. The van der Waals surface area contributed by atoms with E-state index in [0.29, 0.717) is 5.56 Å². The van der Waals surface area contributed by atoms with Gasteiger partial charge in [-0.1, -0.05) is 6.07 Å². The van der Waals surface area contributed by atoms with Crippen molar-refractivity contribution in [2.75, 3.05) is 0 Å². The molecule has 3 nitrogen and oxygen atoms in total. The van der Waals surface area contributed by atoms with Crippen LogP contribution >= 0.6 is 0 Å². The third kappa shape index (κ3) is 2.36. The summed E-state index contributed by atoms with van der Waals surface area (Å²) < 4.78 is 2.02. The third-order valence-corrected chi connectivity index (χ3v) is 3.03. The molecule has 2 rings (SSSR count). The van der Waals surface area contributed by atoms with E-state index in [-0.39, 0.29) is 12.0 Å². The fourth-order valence-electron chi connectivity index (χ4n) is 2.19. The van der Waals surface area contributed by atoms with Crippen molar-refractivity contribution in [3.8, 4) is 5.69 Å². The van der Waals surface area contributed by atoms with E-state index in [4.69, 9.17) is 5.73 Å². The zero-order valence-electron chi connectivity index (χ0n) is 11.0. The number of benzene rings is 1. The summed E-state index contributed by atoms with van der Waals surface area (Å²) in [5, 5.41) is 0. The summed E-state index contributed by atoms with van der Waals surface area (Å²) in [5.41, 5.74) is 10.6. The molecule has 0 bridgehead atoms. The van der Waals surface area contributed by atoms with Gasteiger partial charge in [0, 0.05) is 35.8 Å². The van der Waals surface area contributed by atoms with Crippen LogP contribution in [0.4, 0.5) is 0 Å². The number of hydrogen-bond donors (Lipinski definition) is 1. The van der Waals surface area contributed by atoms with E-state index in [1.165, 1.54) is 11.1 Å². The molecule has 2 aromatic rings. The molecular formula is C15H18N2O. The first-order chi connectivity index (χ1) is 8.51. The lowest BCUT2D eigenvalue weighted by atomic mass is 10.1. The van der Waals surface area contributed by atoms with E-state index in [1.807, 2.05) is 17.7 Å². The van der Waals surface area contributed by atoms with Gasteiger partial charge in [0.1, 0.15) is 0 Å². The van der Waals surface area contributed by atoms with Crippen LogP contribution < -0.4 is 11.2 Å². The molecule has 0 unspecified atom stereocenters. The SMILES string of the molecule is Cc1cc(C)cc(-n2cc(CN)c(=O)cc2C)c1. The normalized spacial score (nSPS) is 10.7. The van der Waals surface area contributed by atoms with Crippen LogP contribution in [0.2, 0.25) is 0 Å². The number of rotatable bonds is 2. The molecule has 0 saturated carbocycles. The van der Waals surface area contributed by atoms with E-state index in [0.717, 1.165) is 11.4 Å². The van der Waals surface area contributed by atoms with Crippen LogP contribution in [0.1, 0.15) is 22.4 Å². The van der Waals surface area contributed by atoms with Crippen LogP contribution in [0.3, 0.4) is 0 Å². The molecule has 0 radical (unpaired) electrons. The van der Waals surface area contributed by atoms with Crippen LogP contribution in [-0.2, 0) is 6.54 Å². The minimum atomic E-state index is 0.00984. The van der Waals surface area contributed by atoms with Gasteiger partial charge in [0.05, 0.1) is 0 Å². The molecule has 94 valence electrons. The lowest BCUT2D eigenvalue weighted by molar-refractivity contribution is 0.920. The van der Waals surface area contributed by atoms with E-state index in [9.17, 15) is 4.79 Å². The van der Waals surface area contributed by atoms with Gasteiger partial charge >= 0.3 is 0 Å². The van der Waals surface area contributed by atoms with Crippen LogP contribution in [0.5, 0.6) is 0 Å². The number of aromatic nitrogens is 1. The Hall–Kier alpha value is -1.87. The van der Waals surface area contributed by atoms with Crippen molar-refractivity contribution >= 4 is 0 Å². The van der Waals surface area contributed by atoms with Crippen LogP contribution in [-0.4, -0.2) is 4.57 Å². The highest BCUT2D eigenvalue weighted by atomic mass is 16.1. The molecule has 0 saturated heterocycles. The standard InChI is InChI=1S/C15H18N2O/c1-10-4-11(2)6-14(5-10)17-9-13(8-16)15(18)7-12(17)3/h4-7,9H,8,16H2,1-3H3. The maximum absolute atomic E-state index is 11.7.